The molecule has 0 N–H and O–H groups in total. The molecule has 0 saturated carbocycles. The fourth-order valence-corrected chi connectivity index (χ4v) is 5.64. The van der Waals surface area contributed by atoms with Gasteiger partial charge < -0.3 is 14.5 Å². The van der Waals surface area contributed by atoms with Crippen molar-refractivity contribution in [3.8, 4) is 16.9 Å². The summed E-state index contributed by atoms with van der Waals surface area (Å²) < 4.78 is 5.93. The Morgan fingerprint density at radius 2 is 0.867 bits per heavy atom. The van der Waals surface area contributed by atoms with E-state index in [2.05, 4.69) is 182 Å². The summed E-state index contributed by atoms with van der Waals surface area (Å²) in [7, 11) is 0. The molecule has 224 valence electrons. The van der Waals surface area contributed by atoms with Gasteiger partial charge in [-0.2, -0.15) is 0 Å². The molecule has 0 spiro atoms. The molecule has 0 aromatic heterocycles. The largest absolute Gasteiger partial charge is 0.494 e. The van der Waals surface area contributed by atoms with Crippen LogP contribution in [0.3, 0.4) is 0 Å². The maximum Gasteiger partial charge on any atom is 0.119 e. The van der Waals surface area contributed by atoms with Crippen LogP contribution >= 0.6 is 0 Å². The lowest BCUT2D eigenvalue weighted by Gasteiger charge is -2.26. The first kappa shape index (κ1) is 29.8. The van der Waals surface area contributed by atoms with E-state index in [0.29, 0.717) is 0 Å². The molecule has 45 heavy (non-hydrogen) atoms. The molecule has 0 radical (unpaired) electrons. The minimum atomic E-state index is 0.746. The van der Waals surface area contributed by atoms with Gasteiger partial charge in [0.25, 0.3) is 0 Å². The van der Waals surface area contributed by atoms with Crippen molar-refractivity contribution in [1.29, 1.82) is 0 Å². The van der Waals surface area contributed by atoms with E-state index < -0.39 is 0 Å². The zero-order valence-corrected chi connectivity index (χ0v) is 26.4. The molecule has 0 heterocycles. The first-order valence-corrected chi connectivity index (χ1v) is 15.8. The van der Waals surface area contributed by atoms with Crippen molar-refractivity contribution in [2.75, 3.05) is 16.4 Å². The number of nitrogens with zero attached hydrogens (tertiary/aromatic N) is 2. The molecule has 0 aliphatic heterocycles. The van der Waals surface area contributed by atoms with E-state index in [4.69, 9.17) is 4.74 Å². The molecule has 6 aromatic carbocycles. The van der Waals surface area contributed by atoms with Gasteiger partial charge in [-0.25, -0.2) is 0 Å². The maximum atomic E-state index is 5.93. The molecule has 3 nitrogen and oxygen atoms in total. The molecular formula is C42H40N2O. The minimum absolute atomic E-state index is 0.746. The Labute approximate surface area is 268 Å². The molecule has 3 heteroatoms. The molecule has 0 saturated heterocycles. The van der Waals surface area contributed by atoms with Gasteiger partial charge in [0.1, 0.15) is 5.75 Å². The molecule has 0 atom stereocenters. The van der Waals surface area contributed by atoms with Crippen LogP contribution in [-0.2, 0) is 0 Å². The Hall–Kier alpha value is -5.28. The van der Waals surface area contributed by atoms with Gasteiger partial charge in [0.05, 0.1) is 6.61 Å². The summed E-state index contributed by atoms with van der Waals surface area (Å²) in [6.07, 6.45) is 2.18. The molecule has 6 aromatic rings. The fourth-order valence-electron chi connectivity index (χ4n) is 5.64. The highest BCUT2D eigenvalue weighted by atomic mass is 16.5. The van der Waals surface area contributed by atoms with Crippen molar-refractivity contribution in [1.82, 2.24) is 0 Å². The summed E-state index contributed by atoms with van der Waals surface area (Å²) in [4.78, 5) is 4.61. The highest BCUT2D eigenvalue weighted by Crippen LogP contribution is 2.38. The summed E-state index contributed by atoms with van der Waals surface area (Å²) in [5.74, 6) is 0.906. The molecule has 6 rings (SSSR count). The summed E-state index contributed by atoms with van der Waals surface area (Å²) >= 11 is 0. The number of ether oxygens (including phenoxy) is 1. The smallest absolute Gasteiger partial charge is 0.119 e. The van der Waals surface area contributed by atoms with Gasteiger partial charge in [0.15, 0.2) is 0 Å². The number of unbranched alkanes of at least 4 members (excludes halogenated alkanes) is 1. The van der Waals surface area contributed by atoms with Crippen molar-refractivity contribution in [2.24, 2.45) is 0 Å². The second-order valence-electron chi connectivity index (χ2n) is 11.5. The van der Waals surface area contributed by atoms with E-state index in [1.165, 1.54) is 22.3 Å². The summed E-state index contributed by atoms with van der Waals surface area (Å²) in [5.41, 5.74) is 11.6. The number of para-hydroxylation sites is 1. The van der Waals surface area contributed by atoms with Crippen LogP contribution in [0.2, 0.25) is 0 Å². The third-order valence-electron chi connectivity index (χ3n) is 7.98. The van der Waals surface area contributed by atoms with Crippen molar-refractivity contribution in [3.63, 3.8) is 0 Å². The van der Waals surface area contributed by atoms with Gasteiger partial charge in [-0.1, -0.05) is 80.1 Å². The molecule has 0 fully saturated rings. The molecule has 0 unspecified atom stereocenters. The van der Waals surface area contributed by atoms with Crippen LogP contribution in [0.1, 0.15) is 30.9 Å². The Kier molecular flexibility index (Phi) is 9.27. The second-order valence-corrected chi connectivity index (χ2v) is 11.5. The minimum Gasteiger partial charge on any atom is -0.494 e. The topological polar surface area (TPSA) is 15.7 Å². The zero-order chi connectivity index (χ0) is 31.0. The number of rotatable bonds is 11. The third kappa shape index (κ3) is 7.11. The monoisotopic (exact) mass is 588 g/mol. The van der Waals surface area contributed by atoms with E-state index in [1.807, 2.05) is 0 Å². The molecule has 0 aliphatic carbocycles. The Morgan fingerprint density at radius 1 is 0.444 bits per heavy atom. The fraction of sp³-hybridized carbons (Fsp3) is 0.143. The van der Waals surface area contributed by atoms with Gasteiger partial charge in [0, 0.05) is 34.1 Å². The van der Waals surface area contributed by atoms with Crippen LogP contribution in [-0.4, -0.2) is 6.61 Å². The van der Waals surface area contributed by atoms with Gasteiger partial charge >= 0.3 is 0 Å². The lowest BCUT2D eigenvalue weighted by atomic mass is 10.0. The van der Waals surface area contributed by atoms with E-state index in [-0.39, 0.29) is 0 Å². The van der Waals surface area contributed by atoms with E-state index >= 15 is 0 Å². The quantitative estimate of drug-likeness (QED) is 0.140. The van der Waals surface area contributed by atoms with Crippen LogP contribution in [0.25, 0.3) is 11.1 Å². The van der Waals surface area contributed by atoms with Crippen LogP contribution in [0.4, 0.5) is 34.1 Å². The number of hydrogen-bond donors (Lipinski definition) is 0. The lowest BCUT2D eigenvalue weighted by molar-refractivity contribution is 0.309. The first-order valence-electron chi connectivity index (χ1n) is 15.8. The first-order chi connectivity index (χ1) is 22.1. The van der Waals surface area contributed by atoms with Crippen LogP contribution in [0.5, 0.6) is 5.75 Å². The Balaban J connectivity index is 1.28. The number of anilines is 6. The highest BCUT2D eigenvalue weighted by Gasteiger charge is 2.15. The molecule has 0 aliphatic rings. The van der Waals surface area contributed by atoms with Gasteiger partial charge in [-0.3, -0.25) is 0 Å². The summed E-state index contributed by atoms with van der Waals surface area (Å²) in [6, 6.07) is 53.9. The average molecular weight is 589 g/mol. The second kappa shape index (κ2) is 14.0. The predicted molar refractivity (Wildman–Crippen MR) is 191 cm³/mol. The van der Waals surface area contributed by atoms with Crippen molar-refractivity contribution in [3.05, 3.63) is 163 Å². The summed E-state index contributed by atoms with van der Waals surface area (Å²) in [5, 5.41) is 0. The van der Waals surface area contributed by atoms with Gasteiger partial charge in [0.2, 0.25) is 0 Å². The van der Waals surface area contributed by atoms with Crippen LogP contribution in [0, 0.1) is 13.8 Å². The van der Waals surface area contributed by atoms with E-state index in [1.54, 1.807) is 0 Å². The Bertz CT molecular complexity index is 1810. The summed E-state index contributed by atoms with van der Waals surface area (Å²) in [6.45, 7) is 7.20. The lowest BCUT2D eigenvalue weighted by Crippen LogP contribution is -2.10. The van der Waals surface area contributed by atoms with Crippen molar-refractivity contribution in [2.45, 2.75) is 33.6 Å². The predicted octanol–water partition coefficient (Wildman–Crippen LogP) is 12.1. The number of benzene rings is 6. The SMILES string of the molecule is CCCCOc1ccc(N(c2ccc(-c3ccc(N(c4ccccc4)c4cccc(C)c4)cc3)cc2)c2cccc(C)c2)cc1. The molecule has 0 bridgehead atoms. The third-order valence-corrected chi connectivity index (χ3v) is 7.98. The maximum absolute atomic E-state index is 5.93. The zero-order valence-electron chi connectivity index (χ0n) is 26.4. The van der Waals surface area contributed by atoms with Gasteiger partial charge in [-0.15, -0.1) is 0 Å². The van der Waals surface area contributed by atoms with Gasteiger partial charge in [-0.05, 0) is 127 Å². The molecular weight excluding hydrogens is 548 g/mol. The standard InChI is InChI=1S/C42H40N2O/c1-4-5-29-45-42-27-25-39(26-28-42)44(41-16-10-12-33(3)31-41)38-23-19-35(20-24-38)34-17-21-37(22-18-34)43(36-13-7-6-8-14-36)40-15-9-11-32(2)30-40/h6-28,30-31H,4-5,29H2,1-3H3. The average Bonchev–Trinajstić information content (AvgIpc) is 3.07. The van der Waals surface area contributed by atoms with Crippen molar-refractivity contribution >= 4 is 34.1 Å². The van der Waals surface area contributed by atoms with Crippen LogP contribution < -0.4 is 14.5 Å². The van der Waals surface area contributed by atoms with E-state index in [0.717, 1.165) is 59.3 Å². The highest BCUT2D eigenvalue weighted by molar-refractivity contribution is 5.81. The molecule has 0 amide bonds. The van der Waals surface area contributed by atoms with E-state index in [9.17, 15) is 0 Å². The number of aryl methyl sites for hydroxylation is 2. The Morgan fingerprint density at radius 3 is 1.31 bits per heavy atom. The normalized spacial score (nSPS) is 10.8. The van der Waals surface area contributed by atoms with Crippen LogP contribution in [0.15, 0.2) is 152 Å². The van der Waals surface area contributed by atoms with Crippen molar-refractivity contribution < 1.29 is 4.74 Å². The number of hydrogen-bond acceptors (Lipinski definition) is 3.